The lowest BCUT2D eigenvalue weighted by molar-refractivity contribution is -0.150. The van der Waals surface area contributed by atoms with Gasteiger partial charge in [-0.2, -0.15) is 0 Å². The van der Waals surface area contributed by atoms with Gasteiger partial charge in [-0.3, -0.25) is 14.4 Å². The normalized spacial score (nSPS) is 20.0. The summed E-state index contributed by atoms with van der Waals surface area (Å²) in [5.74, 6) is -1.05. The van der Waals surface area contributed by atoms with Gasteiger partial charge >= 0.3 is 5.97 Å². The number of carboxylic acids is 1. The summed E-state index contributed by atoms with van der Waals surface area (Å²) in [7, 11) is 0. The molecule has 0 aliphatic carbocycles. The molecule has 0 aromatic heterocycles. The predicted octanol–water partition coefficient (Wildman–Crippen LogP) is 2.92. The second-order valence-corrected chi connectivity index (χ2v) is 8.72. The topological polar surface area (TPSA) is 86.7 Å². The fourth-order valence-electron chi connectivity index (χ4n) is 3.29. The quantitative estimate of drug-likeness (QED) is 0.830. The molecule has 1 heterocycles. The molecule has 148 valence electrons. The van der Waals surface area contributed by atoms with Crippen LogP contribution in [-0.2, 0) is 16.1 Å². The number of carbonyl (C=O) groups is 3. The Morgan fingerprint density at radius 1 is 1.19 bits per heavy atom. The zero-order valence-corrected chi connectivity index (χ0v) is 16.8. The molecule has 1 atom stereocenters. The highest BCUT2D eigenvalue weighted by molar-refractivity contribution is 5.95. The van der Waals surface area contributed by atoms with Crippen LogP contribution in [-0.4, -0.2) is 40.9 Å². The first-order valence-corrected chi connectivity index (χ1v) is 9.37. The standard InChI is InChI=1S/C21H30N2O4/c1-14(2)21(19(26)27)10-11-23(13-21)17(24)16-8-6-15(7-9-16)12-22-18(25)20(3,4)5/h6-9,14H,10-13H2,1-5H3,(H,22,25)(H,26,27). The number of hydrogen-bond donors (Lipinski definition) is 2. The van der Waals surface area contributed by atoms with Crippen molar-refractivity contribution in [3.8, 4) is 0 Å². The van der Waals surface area contributed by atoms with Crippen molar-refractivity contribution in [1.29, 1.82) is 0 Å². The number of nitrogens with zero attached hydrogens (tertiary/aromatic N) is 1. The Balaban J connectivity index is 2.02. The van der Waals surface area contributed by atoms with Crippen LogP contribution in [0.15, 0.2) is 24.3 Å². The van der Waals surface area contributed by atoms with Gasteiger partial charge in [0.05, 0.1) is 5.41 Å². The van der Waals surface area contributed by atoms with Crippen LogP contribution in [0.5, 0.6) is 0 Å². The maximum atomic E-state index is 12.8. The first kappa shape index (κ1) is 20.9. The van der Waals surface area contributed by atoms with E-state index < -0.39 is 16.8 Å². The second kappa shape index (κ2) is 7.71. The number of rotatable bonds is 5. The third kappa shape index (κ3) is 4.49. The highest BCUT2D eigenvalue weighted by Gasteiger charge is 2.48. The molecule has 1 aromatic rings. The van der Waals surface area contributed by atoms with Crippen molar-refractivity contribution in [2.24, 2.45) is 16.7 Å². The molecule has 2 N–H and O–H groups in total. The number of carboxylic acid groups (broad SMARTS) is 1. The van der Waals surface area contributed by atoms with Crippen LogP contribution < -0.4 is 5.32 Å². The summed E-state index contributed by atoms with van der Waals surface area (Å²) in [4.78, 5) is 38.1. The molecular formula is C21H30N2O4. The average molecular weight is 374 g/mol. The second-order valence-electron chi connectivity index (χ2n) is 8.72. The van der Waals surface area contributed by atoms with Crippen molar-refractivity contribution < 1.29 is 19.5 Å². The molecule has 1 saturated heterocycles. The van der Waals surface area contributed by atoms with Crippen LogP contribution in [0.2, 0.25) is 0 Å². The number of amides is 2. The Hall–Kier alpha value is -2.37. The van der Waals surface area contributed by atoms with Crippen molar-refractivity contribution in [2.75, 3.05) is 13.1 Å². The molecular weight excluding hydrogens is 344 g/mol. The Morgan fingerprint density at radius 2 is 1.78 bits per heavy atom. The first-order valence-electron chi connectivity index (χ1n) is 9.37. The third-order valence-corrected chi connectivity index (χ3v) is 5.45. The molecule has 27 heavy (non-hydrogen) atoms. The summed E-state index contributed by atoms with van der Waals surface area (Å²) in [6.45, 7) is 10.4. The molecule has 1 fully saturated rings. The summed E-state index contributed by atoms with van der Waals surface area (Å²) in [5, 5.41) is 12.5. The SMILES string of the molecule is CC(C)C1(C(=O)O)CCN(C(=O)c2ccc(CNC(=O)C(C)(C)C)cc2)C1. The van der Waals surface area contributed by atoms with Crippen LogP contribution in [0.1, 0.15) is 57.0 Å². The fourth-order valence-corrected chi connectivity index (χ4v) is 3.29. The van der Waals surface area contributed by atoms with Crippen molar-refractivity contribution in [3.05, 3.63) is 35.4 Å². The van der Waals surface area contributed by atoms with E-state index in [0.717, 1.165) is 5.56 Å². The Bertz CT molecular complexity index is 719. The Kier molecular flexibility index (Phi) is 5.97. The molecule has 1 aliphatic rings. The summed E-state index contributed by atoms with van der Waals surface area (Å²) < 4.78 is 0. The van der Waals surface area contributed by atoms with E-state index in [0.29, 0.717) is 25.1 Å². The molecule has 2 rings (SSSR count). The molecule has 0 saturated carbocycles. The van der Waals surface area contributed by atoms with Gasteiger partial charge in [0, 0.05) is 30.6 Å². The largest absolute Gasteiger partial charge is 0.481 e. The van der Waals surface area contributed by atoms with Gasteiger partial charge in [0.25, 0.3) is 5.91 Å². The summed E-state index contributed by atoms with van der Waals surface area (Å²) in [6, 6.07) is 7.10. The maximum Gasteiger partial charge on any atom is 0.311 e. The zero-order valence-electron chi connectivity index (χ0n) is 16.8. The Morgan fingerprint density at radius 3 is 2.22 bits per heavy atom. The highest BCUT2D eigenvalue weighted by atomic mass is 16.4. The monoisotopic (exact) mass is 374 g/mol. The molecule has 0 spiro atoms. The summed E-state index contributed by atoms with van der Waals surface area (Å²) >= 11 is 0. The maximum absolute atomic E-state index is 12.8. The van der Waals surface area contributed by atoms with Gasteiger partial charge < -0.3 is 15.3 Å². The van der Waals surface area contributed by atoms with Gasteiger partial charge in [-0.1, -0.05) is 46.8 Å². The summed E-state index contributed by atoms with van der Waals surface area (Å²) in [6.07, 6.45) is 0.475. The zero-order chi connectivity index (χ0) is 20.4. The van der Waals surface area contributed by atoms with Gasteiger partial charge in [0.1, 0.15) is 0 Å². The predicted molar refractivity (Wildman–Crippen MR) is 103 cm³/mol. The number of likely N-dealkylation sites (tertiary alicyclic amines) is 1. The Labute approximate surface area is 160 Å². The van der Waals surface area contributed by atoms with Crippen LogP contribution in [0.4, 0.5) is 0 Å². The van der Waals surface area contributed by atoms with Crippen molar-refractivity contribution >= 4 is 17.8 Å². The van der Waals surface area contributed by atoms with Gasteiger partial charge in [-0.15, -0.1) is 0 Å². The molecule has 6 heteroatoms. The van der Waals surface area contributed by atoms with Gasteiger partial charge in [0.15, 0.2) is 0 Å². The number of benzene rings is 1. The van der Waals surface area contributed by atoms with Crippen LogP contribution in [0.3, 0.4) is 0 Å². The lowest BCUT2D eigenvalue weighted by atomic mass is 9.76. The molecule has 1 aromatic carbocycles. The highest BCUT2D eigenvalue weighted by Crippen LogP contribution is 2.38. The van der Waals surface area contributed by atoms with E-state index in [1.807, 2.05) is 46.8 Å². The van der Waals surface area contributed by atoms with E-state index in [1.165, 1.54) is 0 Å². The number of nitrogens with one attached hydrogen (secondary N) is 1. The van der Waals surface area contributed by atoms with E-state index in [9.17, 15) is 19.5 Å². The van der Waals surface area contributed by atoms with Crippen molar-refractivity contribution in [3.63, 3.8) is 0 Å². The lowest BCUT2D eigenvalue weighted by Crippen LogP contribution is -2.40. The minimum atomic E-state index is -0.868. The average Bonchev–Trinajstić information content (AvgIpc) is 3.05. The molecule has 1 aliphatic heterocycles. The van der Waals surface area contributed by atoms with Crippen LogP contribution in [0.25, 0.3) is 0 Å². The number of carbonyl (C=O) groups excluding carboxylic acids is 2. The smallest absolute Gasteiger partial charge is 0.311 e. The van der Waals surface area contributed by atoms with E-state index in [-0.39, 0.29) is 24.3 Å². The van der Waals surface area contributed by atoms with Crippen LogP contribution >= 0.6 is 0 Å². The van der Waals surface area contributed by atoms with E-state index in [2.05, 4.69) is 5.32 Å². The van der Waals surface area contributed by atoms with Gasteiger partial charge in [-0.25, -0.2) is 0 Å². The first-order chi connectivity index (χ1) is 12.5. The van der Waals surface area contributed by atoms with Gasteiger partial charge in [-0.05, 0) is 30.0 Å². The lowest BCUT2D eigenvalue weighted by Gasteiger charge is -2.28. The third-order valence-electron chi connectivity index (χ3n) is 5.45. The van der Waals surface area contributed by atoms with E-state index in [4.69, 9.17) is 0 Å². The van der Waals surface area contributed by atoms with E-state index in [1.54, 1.807) is 17.0 Å². The number of hydrogen-bond acceptors (Lipinski definition) is 3. The molecule has 6 nitrogen and oxygen atoms in total. The molecule has 1 unspecified atom stereocenters. The molecule has 0 radical (unpaired) electrons. The molecule has 2 amide bonds. The number of aliphatic carboxylic acids is 1. The minimum Gasteiger partial charge on any atom is -0.481 e. The van der Waals surface area contributed by atoms with Crippen LogP contribution in [0, 0.1) is 16.7 Å². The summed E-state index contributed by atoms with van der Waals surface area (Å²) in [5.41, 5.74) is 0.129. The van der Waals surface area contributed by atoms with E-state index >= 15 is 0 Å². The van der Waals surface area contributed by atoms with Crippen molar-refractivity contribution in [2.45, 2.75) is 47.6 Å². The minimum absolute atomic E-state index is 0.0292. The van der Waals surface area contributed by atoms with Crippen molar-refractivity contribution in [1.82, 2.24) is 10.2 Å². The molecule has 0 bridgehead atoms. The van der Waals surface area contributed by atoms with Gasteiger partial charge in [0.2, 0.25) is 5.91 Å². The fraction of sp³-hybridized carbons (Fsp3) is 0.571.